The first-order valence-corrected chi connectivity index (χ1v) is 13.8. The standard InChI is InChI=1S/C29H44N4O2/c1-21(2)26-18-24(22(3)17-25(26)20-31-29(35)23-9-5-4-6-10-23)19-28(34)33-15-13-32(14-16-33)27-11-7-8-12-30-27/h7-8,11-12,17,21,23-26H,4-6,9-10,13-16,18-20H2,1-3H3,(H,31,35). The third-order valence-corrected chi connectivity index (χ3v) is 8.60. The summed E-state index contributed by atoms with van der Waals surface area (Å²) in [5.74, 6) is 3.39. The van der Waals surface area contributed by atoms with E-state index in [1.165, 1.54) is 24.8 Å². The Balaban J connectivity index is 1.30. The van der Waals surface area contributed by atoms with E-state index in [9.17, 15) is 9.59 Å². The maximum absolute atomic E-state index is 13.2. The van der Waals surface area contributed by atoms with Crippen LogP contribution in [0.25, 0.3) is 0 Å². The summed E-state index contributed by atoms with van der Waals surface area (Å²) >= 11 is 0. The van der Waals surface area contributed by atoms with E-state index in [1.807, 2.05) is 29.3 Å². The normalized spacial score (nSPS) is 25.9. The molecule has 1 aromatic rings. The molecule has 2 heterocycles. The van der Waals surface area contributed by atoms with Gasteiger partial charge in [0.15, 0.2) is 0 Å². The summed E-state index contributed by atoms with van der Waals surface area (Å²) in [6, 6.07) is 5.98. The summed E-state index contributed by atoms with van der Waals surface area (Å²) in [7, 11) is 0. The van der Waals surface area contributed by atoms with Crippen molar-refractivity contribution in [1.82, 2.24) is 15.2 Å². The lowest BCUT2D eigenvalue weighted by Crippen LogP contribution is -2.49. The van der Waals surface area contributed by atoms with Crippen molar-refractivity contribution in [2.24, 2.45) is 29.6 Å². The molecular formula is C29H44N4O2. The van der Waals surface area contributed by atoms with Crippen molar-refractivity contribution in [2.75, 3.05) is 37.6 Å². The number of carbonyl (C=O) groups excluding carboxylic acids is 2. The maximum Gasteiger partial charge on any atom is 0.223 e. The summed E-state index contributed by atoms with van der Waals surface area (Å²) < 4.78 is 0. The number of nitrogens with zero attached hydrogens (tertiary/aromatic N) is 3. The Morgan fingerprint density at radius 1 is 1.09 bits per heavy atom. The van der Waals surface area contributed by atoms with Crippen LogP contribution in [0.1, 0.15) is 65.7 Å². The number of amides is 2. The molecule has 0 aromatic carbocycles. The van der Waals surface area contributed by atoms with Crippen LogP contribution in [0.2, 0.25) is 0 Å². The first-order chi connectivity index (χ1) is 16.9. The van der Waals surface area contributed by atoms with E-state index in [2.05, 4.69) is 42.0 Å². The van der Waals surface area contributed by atoms with Crippen molar-refractivity contribution >= 4 is 17.6 Å². The molecule has 6 nitrogen and oxygen atoms in total. The lowest BCUT2D eigenvalue weighted by atomic mass is 9.69. The van der Waals surface area contributed by atoms with Gasteiger partial charge in [0.25, 0.3) is 0 Å². The molecule has 1 saturated heterocycles. The SMILES string of the molecule is CC1=CC(CNC(=O)C2CCCCC2)C(C(C)C)CC1CC(=O)N1CCN(c2ccccn2)CC1. The Hall–Kier alpha value is -2.37. The van der Waals surface area contributed by atoms with Crippen molar-refractivity contribution in [3.8, 4) is 0 Å². The van der Waals surface area contributed by atoms with Gasteiger partial charge in [-0.2, -0.15) is 0 Å². The van der Waals surface area contributed by atoms with Crippen molar-refractivity contribution in [1.29, 1.82) is 0 Å². The van der Waals surface area contributed by atoms with Crippen LogP contribution in [0.15, 0.2) is 36.0 Å². The predicted octanol–water partition coefficient (Wildman–Crippen LogP) is 4.67. The van der Waals surface area contributed by atoms with Crippen LogP contribution in [0, 0.1) is 29.6 Å². The van der Waals surface area contributed by atoms with Crippen molar-refractivity contribution < 1.29 is 9.59 Å². The van der Waals surface area contributed by atoms with Gasteiger partial charge in [0, 0.05) is 51.3 Å². The quantitative estimate of drug-likeness (QED) is 0.576. The third kappa shape index (κ3) is 6.65. The second kappa shape index (κ2) is 12.0. The van der Waals surface area contributed by atoms with Gasteiger partial charge in [-0.25, -0.2) is 4.98 Å². The number of piperazine rings is 1. The zero-order valence-corrected chi connectivity index (χ0v) is 21.9. The van der Waals surface area contributed by atoms with E-state index >= 15 is 0 Å². The topological polar surface area (TPSA) is 65.5 Å². The van der Waals surface area contributed by atoms with Crippen LogP contribution in [0.3, 0.4) is 0 Å². The average molecular weight is 481 g/mol. The van der Waals surface area contributed by atoms with Gasteiger partial charge in [-0.3, -0.25) is 9.59 Å². The van der Waals surface area contributed by atoms with Crippen LogP contribution in [0.5, 0.6) is 0 Å². The molecule has 2 aliphatic carbocycles. The number of nitrogens with one attached hydrogen (secondary N) is 1. The molecule has 1 N–H and O–H groups in total. The lowest BCUT2D eigenvalue weighted by molar-refractivity contribution is -0.132. The zero-order valence-electron chi connectivity index (χ0n) is 21.9. The Kier molecular flexibility index (Phi) is 8.85. The molecule has 192 valence electrons. The first-order valence-electron chi connectivity index (χ1n) is 13.8. The Bertz CT molecular complexity index is 870. The van der Waals surface area contributed by atoms with Gasteiger partial charge in [-0.1, -0.05) is 50.8 Å². The number of allylic oxidation sites excluding steroid dienone is 1. The lowest BCUT2D eigenvalue weighted by Gasteiger charge is -2.39. The molecule has 3 unspecified atom stereocenters. The fourth-order valence-electron chi connectivity index (χ4n) is 6.30. The summed E-state index contributed by atoms with van der Waals surface area (Å²) in [5, 5.41) is 3.28. The van der Waals surface area contributed by atoms with Crippen molar-refractivity contribution in [2.45, 2.75) is 65.7 Å². The van der Waals surface area contributed by atoms with Gasteiger partial charge >= 0.3 is 0 Å². The van der Waals surface area contributed by atoms with Gasteiger partial charge in [-0.15, -0.1) is 0 Å². The summed E-state index contributed by atoms with van der Waals surface area (Å²) in [4.78, 5) is 34.7. The highest BCUT2D eigenvalue weighted by Gasteiger charge is 2.34. The minimum Gasteiger partial charge on any atom is -0.355 e. The fourth-order valence-corrected chi connectivity index (χ4v) is 6.30. The summed E-state index contributed by atoms with van der Waals surface area (Å²) in [6.45, 7) is 10.7. The Morgan fingerprint density at radius 3 is 2.49 bits per heavy atom. The number of hydrogen-bond donors (Lipinski definition) is 1. The number of pyridine rings is 1. The molecule has 0 radical (unpaired) electrons. The Morgan fingerprint density at radius 2 is 1.83 bits per heavy atom. The molecule has 1 saturated carbocycles. The zero-order chi connectivity index (χ0) is 24.8. The minimum atomic E-state index is 0.207. The van der Waals surface area contributed by atoms with Gasteiger partial charge in [0.2, 0.25) is 11.8 Å². The van der Waals surface area contributed by atoms with Gasteiger partial charge in [-0.05, 0) is 62.0 Å². The van der Waals surface area contributed by atoms with Crippen LogP contribution < -0.4 is 10.2 Å². The molecule has 6 heteroatoms. The highest BCUT2D eigenvalue weighted by Crippen LogP contribution is 2.39. The second-order valence-corrected chi connectivity index (χ2v) is 11.3. The molecule has 1 aliphatic heterocycles. The van der Waals surface area contributed by atoms with Gasteiger partial charge in [0.05, 0.1) is 0 Å². The molecule has 0 spiro atoms. The molecular weight excluding hydrogens is 436 g/mol. The number of rotatable bonds is 7. The van der Waals surface area contributed by atoms with E-state index in [4.69, 9.17) is 0 Å². The molecule has 1 aromatic heterocycles. The smallest absolute Gasteiger partial charge is 0.223 e. The van der Waals surface area contributed by atoms with Crippen molar-refractivity contribution in [3.05, 3.63) is 36.0 Å². The van der Waals surface area contributed by atoms with Gasteiger partial charge in [0.1, 0.15) is 5.82 Å². The van der Waals surface area contributed by atoms with Crippen LogP contribution in [0.4, 0.5) is 5.82 Å². The van der Waals surface area contributed by atoms with Crippen LogP contribution in [-0.2, 0) is 9.59 Å². The average Bonchev–Trinajstić information content (AvgIpc) is 2.89. The van der Waals surface area contributed by atoms with E-state index < -0.39 is 0 Å². The first kappa shape index (κ1) is 25.7. The van der Waals surface area contributed by atoms with E-state index in [0.29, 0.717) is 30.1 Å². The number of aromatic nitrogens is 1. The molecule has 2 fully saturated rings. The molecule has 3 aliphatic rings. The molecule has 35 heavy (non-hydrogen) atoms. The molecule has 2 amide bonds. The number of hydrogen-bond acceptors (Lipinski definition) is 4. The van der Waals surface area contributed by atoms with E-state index in [0.717, 1.165) is 57.8 Å². The van der Waals surface area contributed by atoms with Crippen LogP contribution in [-0.4, -0.2) is 54.4 Å². The largest absolute Gasteiger partial charge is 0.355 e. The molecule has 0 bridgehead atoms. The summed E-state index contributed by atoms with van der Waals surface area (Å²) in [5.41, 5.74) is 1.32. The molecule has 3 atom stereocenters. The predicted molar refractivity (Wildman–Crippen MR) is 141 cm³/mol. The fraction of sp³-hybridized carbons (Fsp3) is 0.690. The monoisotopic (exact) mass is 480 g/mol. The highest BCUT2D eigenvalue weighted by molar-refractivity contribution is 5.78. The molecule has 4 rings (SSSR count). The van der Waals surface area contributed by atoms with Crippen LogP contribution >= 0.6 is 0 Å². The Labute approximate surface area is 211 Å². The summed E-state index contributed by atoms with van der Waals surface area (Å²) in [6.07, 6.45) is 11.5. The highest BCUT2D eigenvalue weighted by atomic mass is 16.2. The number of anilines is 1. The van der Waals surface area contributed by atoms with Gasteiger partial charge < -0.3 is 15.1 Å². The van der Waals surface area contributed by atoms with Crippen molar-refractivity contribution in [3.63, 3.8) is 0 Å². The number of carbonyl (C=O) groups is 2. The van der Waals surface area contributed by atoms with E-state index in [1.54, 1.807) is 0 Å². The second-order valence-electron chi connectivity index (χ2n) is 11.3. The third-order valence-electron chi connectivity index (χ3n) is 8.60. The maximum atomic E-state index is 13.2. The van der Waals surface area contributed by atoms with E-state index in [-0.39, 0.29) is 17.7 Å². The minimum absolute atomic E-state index is 0.207.